The quantitative estimate of drug-likeness (QED) is 0.188. The number of carbonyl (C=O) groups is 3. The lowest BCUT2D eigenvalue weighted by Gasteiger charge is -2.53. The van der Waals surface area contributed by atoms with Gasteiger partial charge in [-0.25, -0.2) is 13.6 Å². The maximum Gasteiger partial charge on any atom is 0.408 e. The number of alkyl carbamates (subject to hydrolysis) is 1. The Labute approximate surface area is 389 Å². The van der Waals surface area contributed by atoms with Crippen LogP contribution in [0.1, 0.15) is 156 Å². The van der Waals surface area contributed by atoms with E-state index >= 15 is 0 Å². The van der Waals surface area contributed by atoms with Crippen molar-refractivity contribution in [3.05, 3.63) is 105 Å². The molecule has 4 bridgehead atoms. The maximum absolute atomic E-state index is 13.9. The number of benzene rings is 2. The minimum Gasteiger partial charge on any atom is -0.444 e. The lowest BCUT2D eigenvalue weighted by Crippen LogP contribution is -2.60. The highest BCUT2D eigenvalue weighted by Crippen LogP contribution is 2.59. The monoisotopic (exact) mass is 906 g/mol. The second-order valence-electron chi connectivity index (χ2n) is 21.9. The highest BCUT2D eigenvalue weighted by atomic mass is 19.1. The minimum absolute atomic E-state index is 0.120. The smallest absolute Gasteiger partial charge is 0.408 e. The van der Waals surface area contributed by atoms with Gasteiger partial charge in [-0.2, -0.15) is 10.2 Å². The predicted molar refractivity (Wildman–Crippen MR) is 248 cm³/mol. The first-order valence-electron chi connectivity index (χ1n) is 24.6. The van der Waals surface area contributed by atoms with Crippen LogP contribution in [0.5, 0.6) is 0 Å². The standard InChI is InChI=1S/C28H37FN4O3.C25H32FN3O/c1-19-22-9-16-32(18-23(22)33(31-19)17-20-5-7-21(29)8-6-20)24(34)27-10-13-28(14-11-27,15-12-27)30-25(35)36-26(2,3)4;1-3-24-9-12-25(13-10-24,14-11-24)23(30)28-15-8-21-18(2)27-29(22(21)17-28)16-19-4-6-20(26)7-5-19/h5-8H,9-18H2,1-4H3,(H,30,35);4-7H,3,8-17H2,1-2H3. The van der Waals surface area contributed by atoms with Crippen LogP contribution in [0.15, 0.2) is 48.5 Å². The van der Waals surface area contributed by atoms with E-state index in [9.17, 15) is 23.2 Å². The van der Waals surface area contributed by atoms with E-state index in [0.29, 0.717) is 44.0 Å². The molecule has 0 radical (unpaired) electrons. The third kappa shape index (κ3) is 9.04. The summed E-state index contributed by atoms with van der Waals surface area (Å²) in [4.78, 5) is 44.2. The molecule has 2 aromatic heterocycles. The molecule has 1 N–H and O–H groups in total. The highest BCUT2D eigenvalue weighted by Gasteiger charge is 2.55. The molecule has 6 fully saturated rings. The van der Waals surface area contributed by atoms with Crippen LogP contribution in [-0.4, -0.2) is 71.5 Å². The molecule has 0 spiro atoms. The average Bonchev–Trinajstić information content (AvgIpc) is 3.80. The van der Waals surface area contributed by atoms with Crippen LogP contribution in [-0.2, 0) is 53.3 Å². The summed E-state index contributed by atoms with van der Waals surface area (Å²) in [5.74, 6) is 0.148. The maximum atomic E-state index is 13.9. The van der Waals surface area contributed by atoms with Gasteiger partial charge in [-0.1, -0.05) is 37.6 Å². The molecule has 3 amide bonds. The predicted octanol–water partition coefficient (Wildman–Crippen LogP) is 9.90. The molecule has 13 heteroatoms. The van der Waals surface area contributed by atoms with Gasteiger partial charge in [-0.15, -0.1) is 0 Å². The van der Waals surface area contributed by atoms with Gasteiger partial charge in [-0.05, 0) is 176 Å². The van der Waals surface area contributed by atoms with Crippen molar-refractivity contribution in [3.63, 3.8) is 0 Å². The zero-order valence-corrected chi connectivity index (χ0v) is 40.0. The largest absolute Gasteiger partial charge is 0.444 e. The van der Waals surface area contributed by atoms with E-state index in [1.807, 2.05) is 54.1 Å². The lowest BCUT2D eigenvalue weighted by atomic mass is 9.52. The molecule has 8 aliphatic rings. The van der Waals surface area contributed by atoms with Gasteiger partial charge in [0.15, 0.2) is 0 Å². The summed E-state index contributed by atoms with van der Waals surface area (Å²) in [6.07, 6.45) is 14.2. The molecule has 4 aromatic rings. The number of aromatic nitrogens is 4. The van der Waals surface area contributed by atoms with Crippen molar-refractivity contribution >= 4 is 17.9 Å². The number of fused-ring (bicyclic) bond motifs is 8. The first-order chi connectivity index (χ1) is 31.4. The van der Waals surface area contributed by atoms with Gasteiger partial charge in [0.05, 0.1) is 49.0 Å². The van der Waals surface area contributed by atoms with Crippen LogP contribution in [0, 0.1) is 41.7 Å². The number of hydrogen-bond donors (Lipinski definition) is 1. The van der Waals surface area contributed by atoms with Gasteiger partial charge in [-0.3, -0.25) is 19.0 Å². The summed E-state index contributed by atoms with van der Waals surface area (Å²) in [7, 11) is 0. The van der Waals surface area contributed by atoms with Gasteiger partial charge in [0.1, 0.15) is 17.2 Å². The van der Waals surface area contributed by atoms with Crippen molar-refractivity contribution in [2.45, 2.75) is 175 Å². The van der Waals surface area contributed by atoms with Gasteiger partial charge < -0.3 is 19.9 Å². The third-order valence-electron chi connectivity index (χ3n) is 16.8. The molecule has 11 nitrogen and oxygen atoms in total. The van der Waals surface area contributed by atoms with Crippen molar-refractivity contribution in [1.82, 2.24) is 34.7 Å². The van der Waals surface area contributed by atoms with Crippen molar-refractivity contribution in [2.75, 3.05) is 13.1 Å². The number of ether oxygens (including phenoxy) is 1. The molecule has 6 aliphatic carbocycles. The van der Waals surface area contributed by atoms with Crippen molar-refractivity contribution in [3.8, 4) is 0 Å². The molecule has 0 unspecified atom stereocenters. The molecule has 66 heavy (non-hydrogen) atoms. The van der Waals surface area contributed by atoms with Gasteiger partial charge in [0.25, 0.3) is 0 Å². The Balaban J connectivity index is 0.000000169. The molecule has 354 valence electrons. The fourth-order valence-electron chi connectivity index (χ4n) is 12.5. The summed E-state index contributed by atoms with van der Waals surface area (Å²) in [5.41, 5.74) is 8.09. The molecule has 0 atom stereocenters. The number of rotatable bonds is 8. The second kappa shape index (κ2) is 17.5. The summed E-state index contributed by atoms with van der Waals surface area (Å²) < 4.78 is 36.1. The highest BCUT2D eigenvalue weighted by molar-refractivity contribution is 5.84. The van der Waals surface area contributed by atoms with Crippen LogP contribution in [0.2, 0.25) is 0 Å². The molecular weight excluding hydrogens is 837 g/mol. The topological polar surface area (TPSA) is 115 Å². The van der Waals surface area contributed by atoms with E-state index in [2.05, 4.69) is 24.1 Å². The van der Waals surface area contributed by atoms with Crippen molar-refractivity contribution in [1.29, 1.82) is 0 Å². The van der Waals surface area contributed by atoms with E-state index in [-0.39, 0.29) is 40.0 Å². The Kier molecular flexibility index (Phi) is 12.2. The van der Waals surface area contributed by atoms with Gasteiger partial charge in [0.2, 0.25) is 11.8 Å². The molecule has 2 aromatic carbocycles. The van der Waals surface area contributed by atoms with E-state index in [4.69, 9.17) is 14.9 Å². The second-order valence-corrected chi connectivity index (χ2v) is 21.9. The van der Waals surface area contributed by atoms with E-state index in [0.717, 1.165) is 111 Å². The average molecular weight is 906 g/mol. The molecular formula is C53H69F2N7O4. The van der Waals surface area contributed by atoms with Crippen molar-refractivity contribution in [2.24, 2.45) is 16.2 Å². The number of hydrogen-bond acceptors (Lipinski definition) is 6. The van der Waals surface area contributed by atoms with Gasteiger partial charge >= 0.3 is 6.09 Å². The van der Waals surface area contributed by atoms with Crippen LogP contribution < -0.4 is 5.32 Å². The van der Waals surface area contributed by atoms with Crippen molar-refractivity contribution < 1.29 is 27.9 Å². The first kappa shape index (κ1) is 46.1. The Morgan fingerprint density at radius 3 is 1.41 bits per heavy atom. The van der Waals surface area contributed by atoms with E-state index in [1.54, 1.807) is 12.1 Å². The SMILES string of the molecule is CCC12CCC(C(=O)N3CCc4c(C)nn(Cc5ccc(F)cc5)c4C3)(CC1)CC2.Cc1nn(Cc2ccc(F)cc2)c2c1CCN(C(=O)C13CCC(NC(=O)OC(C)(C)C)(CC1)CC3)C2. The molecule has 0 saturated heterocycles. The Hall–Kier alpha value is -5.07. The number of nitrogens with one attached hydrogen (secondary N) is 1. The zero-order valence-electron chi connectivity index (χ0n) is 40.0. The number of amides is 3. The van der Waals surface area contributed by atoms with E-state index < -0.39 is 5.60 Å². The molecule has 4 heterocycles. The fraction of sp³-hybridized carbons (Fsp3) is 0.604. The van der Waals surface area contributed by atoms with Crippen LogP contribution in [0.25, 0.3) is 0 Å². The van der Waals surface area contributed by atoms with Crippen LogP contribution >= 0.6 is 0 Å². The Morgan fingerprint density at radius 2 is 1.03 bits per heavy atom. The lowest BCUT2D eigenvalue weighted by molar-refractivity contribution is -0.153. The molecule has 2 aliphatic heterocycles. The normalized spacial score (nSPS) is 26.5. The zero-order chi connectivity index (χ0) is 46.6. The molecule has 12 rings (SSSR count). The summed E-state index contributed by atoms with van der Waals surface area (Å²) >= 11 is 0. The molecule has 6 saturated carbocycles. The van der Waals surface area contributed by atoms with E-state index in [1.165, 1.54) is 61.1 Å². The number of nitrogens with zero attached hydrogens (tertiary/aromatic N) is 6. The fourth-order valence-corrected chi connectivity index (χ4v) is 12.5. The third-order valence-corrected chi connectivity index (χ3v) is 16.8. The number of halogens is 2. The summed E-state index contributed by atoms with van der Waals surface area (Å²) in [6.45, 7) is 15.9. The Morgan fingerprint density at radius 1 is 0.636 bits per heavy atom. The van der Waals surface area contributed by atoms with Gasteiger partial charge in [0, 0.05) is 29.5 Å². The summed E-state index contributed by atoms with van der Waals surface area (Å²) in [6, 6.07) is 13.1. The number of aryl methyl sites for hydroxylation is 2. The minimum atomic E-state index is -0.529. The number of carbonyl (C=O) groups excluding carboxylic acids is 3. The Bertz CT molecular complexity index is 2420. The van der Waals surface area contributed by atoms with Crippen LogP contribution in [0.3, 0.4) is 0 Å². The first-order valence-corrected chi connectivity index (χ1v) is 24.6. The summed E-state index contributed by atoms with van der Waals surface area (Å²) in [5, 5.41) is 12.7. The van der Waals surface area contributed by atoms with Crippen LogP contribution in [0.4, 0.5) is 13.6 Å².